The quantitative estimate of drug-likeness (QED) is 0.583. The number of hydrogen-bond acceptors (Lipinski definition) is 8. The van der Waals surface area contributed by atoms with Gasteiger partial charge in [0, 0.05) is 24.3 Å². The van der Waals surface area contributed by atoms with Crippen molar-refractivity contribution >= 4 is 28.3 Å². The summed E-state index contributed by atoms with van der Waals surface area (Å²) in [5, 5.41) is 20.3. The second-order valence-electron chi connectivity index (χ2n) is 8.62. The Morgan fingerprint density at radius 1 is 1.15 bits per heavy atom. The van der Waals surface area contributed by atoms with Crippen LogP contribution in [0, 0.1) is 11.3 Å². The average Bonchev–Trinajstić information content (AvgIpc) is 3.54. The molecule has 3 fully saturated rings. The van der Waals surface area contributed by atoms with Crippen molar-refractivity contribution in [3.8, 4) is 23.2 Å². The van der Waals surface area contributed by atoms with Crippen LogP contribution in [-0.2, 0) is 14.2 Å². The van der Waals surface area contributed by atoms with E-state index in [1.165, 1.54) is 0 Å². The topological polar surface area (TPSA) is 113 Å². The molecule has 0 bridgehead atoms. The van der Waals surface area contributed by atoms with E-state index in [0.29, 0.717) is 33.2 Å². The summed E-state index contributed by atoms with van der Waals surface area (Å²) < 4.78 is 22.8. The van der Waals surface area contributed by atoms with Crippen LogP contribution in [-0.4, -0.2) is 79.0 Å². The van der Waals surface area contributed by atoms with E-state index in [4.69, 9.17) is 35.5 Å². The van der Waals surface area contributed by atoms with Crippen LogP contribution >= 0.6 is 11.6 Å². The Hall–Kier alpha value is -2.87. The van der Waals surface area contributed by atoms with Crippen molar-refractivity contribution in [1.29, 1.82) is 5.26 Å². The lowest BCUT2D eigenvalue weighted by atomic mass is 10.1. The number of halogens is 1. The highest BCUT2D eigenvalue weighted by molar-refractivity contribution is 6.33. The van der Waals surface area contributed by atoms with Gasteiger partial charge in [-0.15, -0.1) is 0 Å². The van der Waals surface area contributed by atoms with Gasteiger partial charge >= 0.3 is 0 Å². The zero-order valence-electron chi connectivity index (χ0n) is 18.2. The van der Waals surface area contributed by atoms with E-state index >= 15 is 0 Å². The molecule has 5 heterocycles. The molecule has 9 nitrogen and oxygen atoms in total. The number of nitrogens with one attached hydrogen (secondary N) is 1. The third kappa shape index (κ3) is 3.68. The number of anilines is 1. The predicted molar refractivity (Wildman–Crippen MR) is 124 cm³/mol. The molecule has 4 atom stereocenters. The van der Waals surface area contributed by atoms with E-state index in [1.807, 2.05) is 24.3 Å². The minimum Gasteiger partial charge on any atom is -0.469 e. The highest BCUT2D eigenvalue weighted by Gasteiger charge is 2.48. The number of nitriles is 1. The molecular weight excluding hydrogens is 460 g/mol. The van der Waals surface area contributed by atoms with E-state index in [-0.39, 0.29) is 19.3 Å². The number of rotatable bonds is 4. The first-order valence-corrected chi connectivity index (χ1v) is 11.6. The standard InChI is InChI=1S/C24H23ClN4O5/c25-16-9-17-21(28-20(16)13-1-3-14(4-2-13)29-5-7-31-8-6-29)15(10-26)24(27-17)34-19-12-33-22-18(30)11-32-23(19)22/h1-4,9,18-19,22-23,27,30H,5-8,11-12H2/t18-,19-,22?,23?/m1/s1. The first-order chi connectivity index (χ1) is 16.6. The minimum atomic E-state index is -0.672. The molecule has 2 unspecified atom stereocenters. The SMILES string of the molecule is N#Cc1c(O[C@@H]2COC3C2OC[C@H]3O)[nH]c2cc(Cl)c(-c3ccc(N4CCOCC4)cc3)nc12. The zero-order valence-corrected chi connectivity index (χ0v) is 19.0. The summed E-state index contributed by atoms with van der Waals surface area (Å²) in [6, 6.07) is 12.0. The number of aliphatic hydroxyl groups excluding tert-OH is 1. The van der Waals surface area contributed by atoms with Crippen molar-refractivity contribution < 1.29 is 24.1 Å². The summed E-state index contributed by atoms with van der Waals surface area (Å²) in [7, 11) is 0. The van der Waals surface area contributed by atoms with Crippen LogP contribution in [0.2, 0.25) is 5.02 Å². The lowest BCUT2D eigenvalue weighted by Crippen LogP contribution is -2.36. The Labute approximate surface area is 200 Å². The van der Waals surface area contributed by atoms with Gasteiger partial charge in [-0.05, 0) is 18.2 Å². The Morgan fingerprint density at radius 2 is 1.91 bits per heavy atom. The number of aromatic amines is 1. The van der Waals surface area contributed by atoms with E-state index in [1.54, 1.807) is 6.07 Å². The van der Waals surface area contributed by atoms with E-state index in [0.717, 1.165) is 37.6 Å². The van der Waals surface area contributed by atoms with Gasteiger partial charge in [-0.1, -0.05) is 23.7 Å². The van der Waals surface area contributed by atoms with Crippen LogP contribution in [0.25, 0.3) is 22.3 Å². The number of fused-ring (bicyclic) bond motifs is 2. The van der Waals surface area contributed by atoms with E-state index in [9.17, 15) is 10.4 Å². The van der Waals surface area contributed by atoms with Gasteiger partial charge in [0.1, 0.15) is 35.5 Å². The van der Waals surface area contributed by atoms with E-state index in [2.05, 4.69) is 16.0 Å². The smallest absolute Gasteiger partial charge is 0.212 e. The summed E-state index contributed by atoms with van der Waals surface area (Å²) in [5.74, 6) is 0.292. The van der Waals surface area contributed by atoms with Crippen molar-refractivity contribution in [2.24, 2.45) is 0 Å². The normalized spacial score (nSPS) is 26.6. The predicted octanol–water partition coefficient (Wildman–Crippen LogP) is 2.50. The Morgan fingerprint density at radius 3 is 2.68 bits per heavy atom. The first-order valence-electron chi connectivity index (χ1n) is 11.3. The number of aliphatic hydroxyl groups is 1. The van der Waals surface area contributed by atoms with Crippen LogP contribution in [0.1, 0.15) is 5.56 Å². The second-order valence-corrected chi connectivity index (χ2v) is 9.03. The molecule has 0 spiro atoms. The number of pyridine rings is 1. The minimum absolute atomic E-state index is 0.206. The maximum atomic E-state index is 9.96. The number of benzene rings is 1. The third-order valence-electron chi connectivity index (χ3n) is 6.57. The zero-order chi connectivity index (χ0) is 23.2. The fourth-order valence-corrected chi connectivity index (χ4v) is 5.07. The van der Waals surface area contributed by atoms with Gasteiger partial charge < -0.3 is 33.9 Å². The molecule has 6 rings (SSSR count). The first kappa shape index (κ1) is 21.6. The van der Waals surface area contributed by atoms with Gasteiger partial charge in [-0.2, -0.15) is 5.26 Å². The van der Waals surface area contributed by atoms with Crippen LogP contribution < -0.4 is 9.64 Å². The molecule has 2 aromatic heterocycles. The third-order valence-corrected chi connectivity index (χ3v) is 6.86. The number of H-pyrrole nitrogens is 1. The summed E-state index contributed by atoms with van der Waals surface area (Å²) in [6.07, 6.45) is -1.91. The molecular formula is C24H23ClN4O5. The molecule has 0 saturated carbocycles. The van der Waals surface area contributed by atoms with Crippen LogP contribution in [0.3, 0.4) is 0 Å². The monoisotopic (exact) mass is 482 g/mol. The number of aromatic nitrogens is 2. The molecule has 0 aliphatic carbocycles. The van der Waals surface area contributed by atoms with Crippen molar-refractivity contribution in [3.63, 3.8) is 0 Å². The number of hydrogen-bond donors (Lipinski definition) is 2. The number of ether oxygens (including phenoxy) is 4. The van der Waals surface area contributed by atoms with Gasteiger partial charge in [0.15, 0.2) is 6.10 Å². The highest BCUT2D eigenvalue weighted by atomic mass is 35.5. The van der Waals surface area contributed by atoms with Crippen LogP contribution in [0.15, 0.2) is 30.3 Å². The van der Waals surface area contributed by atoms with Crippen LogP contribution in [0.5, 0.6) is 5.88 Å². The lowest BCUT2D eigenvalue weighted by Gasteiger charge is -2.28. The van der Waals surface area contributed by atoms with Gasteiger partial charge in [0.05, 0.1) is 42.7 Å². The van der Waals surface area contributed by atoms with Crippen molar-refractivity contribution in [2.75, 3.05) is 44.4 Å². The molecule has 34 heavy (non-hydrogen) atoms. The number of nitrogens with zero attached hydrogens (tertiary/aromatic N) is 3. The molecule has 2 N–H and O–H groups in total. The fourth-order valence-electron chi connectivity index (χ4n) is 4.81. The maximum Gasteiger partial charge on any atom is 0.212 e. The van der Waals surface area contributed by atoms with Crippen molar-refractivity contribution in [2.45, 2.75) is 24.4 Å². The molecule has 1 aromatic carbocycles. The molecule has 0 amide bonds. The molecule has 176 valence electrons. The number of morpholine rings is 1. The lowest BCUT2D eigenvalue weighted by molar-refractivity contribution is 0.00789. The summed E-state index contributed by atoms with van der Waals surface area (Å²) >= 11 is 6.59. The summed E-state index contributed by atoms with van der Waals surface area (Å²) in [5.41, 5.74) is 3.95. The van der Waals surface area contributed by atoms with Gasteiger partial charge in [-0.25, -0.2) is 4.98 Å². The van der Waals surface area contributed by atoms with E-state index < -0.39 is 18.3 Å². The van der Waals surface area contributed by atoms with Gasteiger partial charge in [-0.3, -0.25) is 0 Å². The fraction of sp³-hybridized carbons (Fsp3) is 0.417. The average molecular weight is 483 g/mol. The largest absolute Gasteiger partial charge is 0.469 e. The van der Waals surface area contributed by atoms with Crippen LogP contribution in [0.4, 0.5) is 5.69 Å². The Balaban J connectivity index is 1.30. The Bertz CT molecular complexity index is 1250. The van der Waals surface area contributed by atoms with Crippen molar-refractivity contribution in [3.05, 3.63) is 40.9 Å². The molecule has 3 aliphatic heterocycles. The molecule has 0 radical (unpaired) electrons. The molecule has 3 aromatic rings. The Kier molecular flexibility index (Phi) is 5.56. The summed E-state index contributed by atoms with van der Waals surface area (Å²) in [4.78, 5) is 10.1. The van der Waals surface area contributed by atoms with Crippen molar-refractivity contribution in [1.82, 2.24) is 9.97 Å². The molecule has 3 aliphatic rings. The molecule has 3 saturated heterocycles. The maximum absolute atomic E-state index is 9.96. The highest BCUT2D eigenvalue weighted by Crippen LogP contribution is 2.36. The van der Waals surface area contributed by atoms with Gasteiger partial charge in [0.25, 0.3) is 0 Å². The second kappa shape index (κ2) is 8.73. The molecule has 10 heteroatoms. The summed E-state index contributed by atoms with van der Waals surface area (Å²) in [6.45, 7) is 3.64. The van der Waals surface area contributed by atoms with Gasteiger partial charge in [0.2, 0.25) is 5.88 Å².